The smallest absolute Gasteiger partial charge is 0.130 e. The first kappa shape index (κ1) is 11.3. The monoisotopic (exact) mass is 239 g/mol. The summed E-state index contributed by atoms with van der Waals surface area (Å²) in [5.41, 5.74) is 5.99. The number of rotatable bonds is 1. The van der Waals surface area contributed by atoms with Gasteiger partial charge in [0.25, 0.3) is 0 Å². The predicted octanol–water partition coefficient (Wildman–Crippen LogP) is 3.69. The molecule has 0 saturated carbocycles. The minimum absolute atomic E-state index is 0.822. The fourth-order valence-corrected chi connectivity index (χ4v) is 2.58. The van der Waals surface area contributed by atoms with E-state index in [2.05, 4.69) is 36.2 Å². The Labute approximate surface area is 108 Å². The van der Waals surface area contributed by atoms with Crippen molar-refractivity contribution in [1.29, 1.82) is 0 Å². The summed E-state index contributed by atoms with van der Waals surface area (Å²) in [4.78, 5) is 4.41. The fourth-order valence-electron chi connectivity index (χ4n) is 2.58. The molecule has 92 valence electrons. The van der Waals surface area contributed by atoms with Gasteiger partial charge in [-0.05, 0) is 43.9 Å². The van der Waals surface area contributed by atoms with Gasteiger partial charge in [0.05, 0.1) is 6.61 Å². The number of fused-ring (bicyclic) bond motifs is 1. The van der Waals surface area contributed by atoms with E-state index in [0.29, 0.717) is 0 Å². The number of benzene rings is 1. The molecule has 0 spiro atoms. The SMILES string of the molecule is Cc1cc(C)c(-c2cccc3c2OCCC3)cn1. The third-order valence-corrected chi connectivity index (χ3v) is 3.47. The molecular formula is C16H17NO. The van der Waals surface area contributed by atoms with Crippen molar-refractivity contribution in [2.24, 2.45) is 0 Å². The molecule has 0 N–H and O–H groups in total. The average Bonchev–Trinajstić information content (AvgIpc) is 2.38. The molecule has 0 amide bonds. The second kappa shape index (κ2) is 4.45. The minimum Gasteiger partial charge on any atom is -0.493 e. The topological polar surface area (TPSA) is 22.1 Å². The highest BCUT2D eigenvalue weighted by Crippen LogP contribution is 2.37. The van der Waals surface area contributed by atoms with Crippen LogP contribution in [0.25, 0.3) is 11.1 Å². The van der Waals surface area contributed by atoms with Gasteiger partial charge >= 0.3 is 0 Å². The van der Waals surface area contributed by atoms with E-state index in [9.17, 15) is 0 Å². The number of hydrogen-bond acceptors (Lipinski definition) is 2. The van der Waals surface area contributed by atoms with E-state index >= 15 is 0 Å². The van der Waals surface area contributed by atoms with Crippen LogP contribution in [0.3, 0.4) is 0 Å². The Bertz CT molecular complexity index is 590. The first-order chi connectivity index (χ1) is 8.75. The Balaban J connectivity index is 2.17. The van der Waals surface area contributed by atoms with Crippen LogP contribution in [0.5, 0.6) is 5.75 Å². The zero-order chi connectivity index (χ0) is 12.5. The van der Waals surface area contributed by atoms with Gasteiger partial charge in [0.15, 0.2) is 0 Å². The summed E-state index contributed by atoms with van der Waals surface area (Å²) in [5.74, 6) is 1.05. The van der Waals surface area contributed by atoms with Crippen molar-refractivity contribution in [3.8, 4) is 16.9 Å². The molecule has 1 aliphatic rings. The fraction of sp³-hybridized carbons (Fsp3) is 0.312. The highest BCUT2D eigenvalue weighted by Gasteiger charge is 2.16. The average molecular weight is 239 g/mol. The number of hydrogen-bond donors (Lipinski definition) is 0. The molecule has 0 saturated heterocycles. The van der Waals surface area contributed by atoms with Crippen LogP contribution in [0.15, 0.2) is 30.5 Å². The van der Waals surface area contributed by atoms with E-state index in [1.165, 1.54) is 22.3 Å². The molecule has 0 aliphatic carbocycles. The zero-order valence-electron chi connectivity index (χ0n) is 10.9. The Kier molecular flexibility index (Phi) is 2.78. The van der Waals surface area contributed by atoms with Gasteiger partial charge in [0.1, 0.15) is 5.75 Å². The summed E-state index contributed by atoms with van der Waals surface area (Å²) in [6.45, 7) is 4.97. The lowest BCUT2D eigenvalue weighted by molar-refractivity contribution is 0.289. The summed E-state index contributed by atoms with van der Waals surface area (Å²) in [5, 5.41) is 0. The third-order valence-electron chi connectivity index (χ3n) is 3.47. The minimum atomic E-state index is 0.822. The largest absolute Gasteiger partial charge is 0.493 e. The highest BCUT2D eigenvalue weighted by molar-refractivity contribution is 5.74. The van der Waals surface area contributed by atoms with Gasteiger partial charge in [-0.3, -0.25) is 4.98 Å². The van der Waals surface area contributed by atoms with E-state index in [1.54, 1.807) is 0 Å². The van der Waals surface area contributed by atoms with Crippen LogP contribution in [-0.4, -0.2) is 11.6 Å². The van der Waals surface area contributed by atoms with Crippen LogP contribution < -0.4 is 4.74 Å². The molecule has 2 aromatic rings. The molecule has 18 heavy (non-hydrogen) atoms. The lowest BCUT2D eigenvalue weighted by atomic mass is 9.96. The van der Waals surface area contributed by atoms with E-state index in [1.807, 2.05) is 13.1 Å². The van der Waals surface area contributed by atoms with Crippen LogP contribution in [0.1, 0.15) is 23.2 Å². The Morgan fingerprint density at radius 3 is 2.89 bits per heavy atom. The van der Waals surface area contributed by atoms with Gasteiger partial charge in [-0.2, -0.15) is 0 Å². The summed E-state index contributed by atoms with van der Waals surface area (Å²) in [6, 6.07) is 8.53. The molecular weight excluding hydrogens is 222 g/mol. The van der Waals surface area contributed by atoms with E-state index in [-0.39, 0.29) is 0 Å². The molecule has 2 heteroatoms. The van der Waals surface area contributed by atoms with Crippen LogP contribution in [-0.2, 0) is 6.42 Å². The number of ether oxygens (including phenoxy) is 1. The van der Waals surface area contributed by atoms with Crippen LogP contribution in [0.2, 0.25) is 0 Å². The van der Waals surface area contributed by atoms with Gasteiger partial charge in [-0.1, -0.05) is 18.2 Å². The van der Waals surface area contributed by atoms with Crippen molar-refractivity contribution in [1.82, 2.24) is 4.98 Å². The molecule has 0 bridgehead atoms. The number of aryl methyl sites for hydroxylation is 3. The normalized spacial score (nSPS) is 13.9. The summed E-state index contributed by atoms with van der Waals surface area (Å²) in [7, 11) is 0. The van der Waals surface area contributed by atoms with Crippen molar-refractivity contribution in [2.75, 3.05) is 6.61 Å². The lowest BCUT2D eigenvalue weighted by Crippen LogP contribution is -2.09. The van der Waals surface area contributed by atoms with Gasteiger partial charge in [-0.25, -0.2) is 0 Å². The number of para-hydroxylation sites is 1. The standard InChI is InChI=1S/C16H17NO/c1-11-9-12(2)17-10-15(11)14-7-3-5-13-6-4-8-18-16(13)14/h3,5,7,9-10H,4,6,8H2,1-2H3. The van der Waals surface area contributed by atoms with Crippen LogP contribution in [0.4, 0.5) is 0 Å². The molecule has 0 radical (unpaired) electrons. The maximum absolute atomic E-state index is 5.87. The zero-order valence-corrected chi connectivity index (χ0v) is 10.9. The van der Waals surface area contributed by atoms with Crippen LogP contribution in [0, 0.1) is 13.8 Å². The third kappa shape index (κ3) is 1.88. The first-order valence-corrected chi connectivity index (χ1v) is 6.44. The first-order valence-electron chi connectivity index (χ1n) is 6.44. The summed E-state index contributed by atoms with van der Waals surface area (Å²) >= 11 is 0. The predicted molar refractivity (Wildman–Crippen MR) is 73.0 cm³/mol. The quantitative estimate of drug-likeness (QED) is 0.757. The summed E-state index contributed by atoms with van der Waals surface area (Å²) < 4.78 is 5.87. The molecule has 0 fully saturated rings. The molecule has 3 rings (SSSR count). The number of aromatic nitrogens is 1. The number of pyridine rings is 1. The molecule has 1 aromatic carbocycles. The second-order valence-electron chi connectivity index (χ2n) is 4.89. The van der Waals surface area contributed by atoms with Crippen molar-refractivity contribution in [2.45, 2.75) is 26.7 Å². The maximum atomic E-state index is 5.87. The lowest BCUT2D eigenvalue weighted by Gasteiger charge is -2.21. The highest BCUT2D eigenvalue weighted by atomic mass is 16.5. The van der Waals surface area contributed by atoms with Crippen molar-refractivity contribution in [3.63, 3.8) is 0 Å². The second-order valence-corrected chi connectivity index (χ2v) is 4.89. The molecule has 0 atom stereocenters. The van der Waals surface area contributed by atoms with Crippen LogP contribution >= 0.6 is 0 Å². The van der Waals surface area contributed by atoms with E-state index < -0.39 is 0 Å². The molecule has 2 heterocycles. The molecule has 1 aromatic heterocycles. The Morgan fingerprint density at radius 2 is 2.06 bits per heavy atom. The maximum Gasteiger partial charge on any atom is 0.130 e. The van der Waals surface area contributed by atoms with Crippen molar-refractivity contribution < 1.29 is 4.74 Å². The van der Waals surface area contributed by atoms with Gasteiger partial charge in [0.2, 0.25) is 0 Å². The summed E-state index contributed by atoms with van der Waals surface area (Å²) in [6.07, 6.45) is 4.18. The number of nitrogens with zero attached hydrogens (tertiary/aromatic N) is 1. The Hall–Kier alpha value is -1.83. The molecule has 1 aliphatic heterocycles. The molecule has 2 nitrogen and oxygen atoms in total. The van der Waals surface area contributed by atoms with Gasteiger partial charge in [0, 0.05) is 23.0 Å². The van der Waals surface area contributed by atoms with Crippen molar-refractivity contribution in [3.05, 3.63) is 47.3 Å². The van der Waals surface area contributed by atoms with E-state index in [4.69, 9.17) is 4.74 Å². The van der Waals surface area contributed by atoms with E-state index in [0.717, 1.165) is 30.9 Å². The van der Waals surface area contributed by atoms with Crippen molar-refractivity contribution >= 4 is 0 Å². The Morgan fingerprint density at radius 1 is 1.17 bits per heavy atom. The molecule has 0 unspecified atom stereocenters. The van der Waals surface area contributed by atoms with Gasteiger partial charge in [-0.15, -0.1) is 0 Å². The van der Waals surface area contributed by atoms with Gasteiger partial charge < -0.3 is 4.74 Å².